The van der Waals surface area contributed by atoms with Gasteiger partial charge in [-0.3, -0.25) is 9.59 Å². The number of ether oxygens (including phenoxy) is 1. The standard InChI is InChI=1S/C14H12BrFN2O5/c15-8-4-9-10(23-5-11(19)17-9)3-7(8)12(20)18-2-1-14(16,6-18)13(21)22/h3-4H,1-2,5-6H2,(H,17,19)(H,21,22). The molecule has 1 atom stereocenters. The molecule has 1 aromatic rings. The van der Waals surface area contributed by atoms with Crippen LogP contribution in [0.1, 0.15) is 16.8 Å². The van der Waals surface area contributed by atoms with Crippen molar-refractivity contribution in [2.75, 3.05) is 25.0 Å². The van der Waals surface area contributed by atoms with Gasteiger partial charge in [-0.25, -0.2) is 9.18 Å². The van der Waals surface area contributed by atoms with Gasteiger partial charge in [-0.05, 0) is 28.1 Å². The number of fused-ring (bicyclic) bond motifs is 1. The number of carboxylic acid groups (broad SMARTS) is 1. The third-order valence-corrected chi connectivity index (χ3v) is 4.48. The lowest BCUT2D eigenvalue weighted by molar-refractivity contribution is -0.149. The molecule has 2 aliphatic rings. The van der Waals surface area contributed by atoms with Crippen molar-refractivity contribution in [2.45, 2.75) is 12.1 Å². The van der Waals surface area contributed by atoms with Crippen molar-refractivity contribution in [3.05, 3.63) is 22.2 Å². The fourth-order valence-electron chi connectivity index (χ4n) is 2.56. The topological polar surface area (TPSA) is 95.9 Å². The van der Waals surface area contributed by atoms with Gasteiger partial charge in [0.25, 0.3) is 11.8 Å². The summed E-state index contributed by atoms with van der Waals surface area (Å²) in [6, 6.07) is 2.97. The van der Waals surface area contributed by atoms with Crippen LogP contribution < -0.4 is 10.1 Å². The number of hydrogen-bond acceptors (Lipinski definition) is 4. The molecule has 3 rings (SSSR count). The van der Waals surface area contributed by atoms with E-state index in [2.05, 4.69) is 21.2 Å². The fraction of sp³-hybridized carbons (Fsp3) is 0.357. The molecule has 2 heterocycles. The summed E-state index contributed by atoms with van der Waals surface area (Å²) in [4.78, 5) is 35.9. The van der Waals surface area contributed by atoms with E-state index < -0.39 is 24.1 Å². The van der Waals surface area contributed by atoms with Gasteiger partial charge in [0.1, 0.15) is 5.75 Å². The van der Waals surface area contributed by atoms with Gasteiger partial charge in [0.05, 0.1) is 17.8 Å². The summed E-state index contributed by atoms with van der Waals surface area (Å²) in [7, 11) is 0. The quantitative estimate of drug-likeness (QED) is 0.801. The average molecular weight is 387 g/mol. The summed E-state index contributed by atoms with van der Waals surface area (Å²) in [5.74, 6) is -2.03. The van der Waals surface area contributed by atoms with E-state index in [9.17, 15) is 18.8 Å². The number of carbonyl (C=O) groups is 3. The Morgan fingerprint density at radius 1 is 1.43 bits per heavy atom. The maximum atomic E-state index is 14.1. The SMILES string of the molecule is O=C1COc2cc(C(=O)N3CCC(F)(C(=O)O)C3)c(Br)cc2N1. The number of rotatable bonds is 2. The molecule has 1 aromatic carbocycles. The average Bonchev–Trinajstić information content (AvgIpc) is 2.90. The first-order valence-corrected chi connectivity index (χ1v) is 7.57. The van der Waals surface area contributed by atoms with Crippen molar-refractivity contribution in [3.8, 4) is 5.75 Å². The van der Waals surface area contributed by atoms with Gasteiger partial charge in [-0.2, -0.15) is 0 Å². The fourth-order valence-corrected chi connectivity index (χ4v) is 3.07. The third kappa shape index (κ3) is 2.76. The lowest BCUT2D eigenvalue weighted by atomic mass is 10.1. The van der Waals surface area contributed by atoms with Gasteiger partial charge in [0.2, 0.25) is 5.67 Å². The van der Waals surface area contributed by atoms with Crippen LogP contribution in [0, 0.1) is 0 Å². The van der Waals surface area contributed by atoms with Crippen molar-refractivity contribution in [3.63, 3.8) is 0 Å². The summed E-state index contributed by atoms with van der Waals surface area (Å²) in [5, 5.41) is 11.5. The van der Waals surface area contributed by atoms with E-state index >= 15 is 0 Å². The number of benzene rings is 1. The molecule has 0 radical (unpaired) electrons. The van der Waals surface area contributed by atoms with Crippen molar-refractivity contribution >= 4 is 39.4 Å². The number of nitrogens with one attached hydrogen (secondary N) is 1. The summed E-state index contributed by atoms with van der Waals surface area (Å²) in [5.41, 5.74) is -1.77. The van der Waals surface area contributed by atoms with Crippen molar-refractivity contribution in [2.24, 2.45) is 0 Å². The van der Waals surface area contributed by atoms with E-state index in [1.807, 2.05) is 0 Å². The van der Waals surface area contributed by atoms with E-state index in [0.717, 1.165) is 4.90 Å². The zero-order valence-corrected chi connectivity index (χ0v) is 13.4. The second kappa shape index (κ2) is 5.48. The molecule has 0 aromatic heterocycles. The van der Waals surface area contributed by atoms with Crippen molar-refractivity contribution in [1.29, 1.82) is 0 Å². The van der Waals surface area contributed by atoms with Crippen LogP contribution in [0.15, 0.2) is 16.6 Å². The molecule has 2 amide bonds. The first-order chi connectivity index (χ1) is 10.8. The van der Waals surface area contributed by atoms with Gasteiger partial charge in [-0.1, -0.05) is 0 Å². The summed E-state index contributed by atoms with van der Waals surface area (Å²) in [6.45, 7) is -0.635. The highest BCUT2D eigenvalue weighted by molar-refractivity contribution is 9.10. The Labute approximate surface area is 138 Å². The van der Waals surface area contributed by atoms with E-state index in [0.29, 0.717) is 15.9 Å². The molecule has 1 saturated heterocycles. The lowest BCUT2D eigenvalue weighted by Gasteiger charge is -2.22. The van der Waals surface area contributed by atoms with Gasteiger partial charge >= 0.3 is 5.97 Å². The molecule has 0 aliphatic carbocycles. The maximum absolute atomic E-state index is 14.1. The molecule has 1 unspecified atom stereocenters. The van der Waals surface area contributed by atoms with E-state index in [4.69, 9.17) is 9.84 Å². The molecule has 0 bridgehead atoms. The Hall–Kier alpha value is -2.16. The number of nitrogens with zero attached hydrogens (tertiary/aromatic N) is 1. The Morgan fingerprint density at radius 2 is 2.17 bits per heavy atom. The number of halogens is 2. The Balaban J connectivity index is 1.86. The van der Waals surface area contributed by atoms with Crippen LogP contribution in [0.4, 0.5) is 10.1 Å². The second-order valence-electron chi connectivity index (χ2n) is 5.41. The van der Waals surface area contributed by atoms with Crippen LogP contribution in [-0.2, 0) is 9.59 Å². The number of alkyl halides is 1. The minimum absolute atomic E-state index is 0.0166. The normalized spacial score (nSPS) is 23.0. The predicted molar refractivity (Wildman–Crippen MR) is 80.3 cm³/mol. The minimum atomic E-state index is -2.42. The molecule has 9 heteroatoms. The first-order valence-electron chi connectivity index (χ1n) is 6.78. The molecular weight excluding hydrogens is 375 g/mol. The van der Waals surface area contributed by atoms with Gasteiger partial charge in [0.15, 0.2) is 6.61 Å². The zero-order chi connectivity index (χ0) is 16.8. The summed E-state index contributed by atoms with van der Waals surface area (Å²) in [6.07, 6.45) is -0.247. The molecule has 0 spiro atoms. The van der Waals surface area contributed by atoms with E-state index in [-0.39, 0.29) is 31.0 Å². The minimum Gasteiger partial charge on any atom is -0.482 e. The Bertz CT molecular complexity index is 725. The number of carbonyl (C=O) groups excluding carboxylic acids is 2. The first kappa shape index (κ1) is 15.7. The van der Waals surface area contributed by atoms with Crippen LogP contribution in [0.5, 0.6) is 5.75 Å². The summed E-state index contributed by atoms with van der Waals surface area (Å²) < 4.78 is 19.8. The lowest BCUT2D eigenvalue weighted by Crippen LogP contribution is -2.39. The monoisotopic (exact) mass is 386 g/mol. The zero-order valence-electron chi connectivity index (χ0n) is 11.8. The summed E-state index contributed by atoms with van der Waals surface area (Å²) >= 11 is 3.24. The third-order valence-electron chi connectivity index (χ3n) is 3.82. The molecule has 122 valence electrons. The molecule has 1 fully saturated rings. The predicted octanol–water partition coefficient (Wildman–Crippen LogP) is 1.42. The highest BCUT2D eigenvalue weighted by Crippen LogP contribution is 2.35. The molecule has 2 N–H and O–H groups in total. The number of aliphatic carboxylic acids is 1. The van der Waals surface area contributed by atoms with Gasteiger partial charge in [-0.15, -0.1) is 0 Å². The highest BCUT2D eigenvalue weighted by atomic mass is 79.9. The van der Waals surface area contributed by atoms with Crippen LogP contribution in [0.2, 0.25) is 0 Å². The molecule has 0 saturated carbocycles. The second-order valence-corrected chi connectivity index (χ2v) is 6.27. The smallest absolute Gasteiger partial charge is 0.343 e. The van der Waals surface area contributed by atoms with Crippen LogP contribution in [0.25, 0.3) is 0 Å². The number of anilines is 1. The molecule has 23 heavy (non-hydrogen) atoms. The van der Waals surface area contributed by atoms with Crippen LogP contribution in [-0.4, -0.2) is 53.2 Å². The Kier molecular flexibility index (Phi) is 3.75. The molecule has 2 aliphatic heterocycles. The van der Waals surface area contributed by atoms with Crippen molar-refractivity contribution in [1.82, 2.24) is 4.90 Å². The number of carboxylic acids is 1. The van der Waals surface area contributed by atoms with Gasteiger partial charge in [0, 0.05) is 17.4 Å². The van der Waals surface area contributed by atoms with Gasteiger partial charge < -0.3 is 20.1 Å². The highest BCUT2D eigenvalue weighted by Gasteiger charge is 2.47. The van der Waals surface area contributed by atoms with Crippen molar-refractivity contribution < 1.29 is 28.6 Å². The number of likely N-dealkylation sites (tertiary alicyclic amines) is 1. The maximum Gasteiger partial charge on any atom is 0.343 e. The molecular formula is C14H12BrFN2O5. The number of amides is 2. The van der Waals surface area contributed by atoms with Crippen LogP contribution in [0.3, 0.4) is 0 Å². The van der Waals surface area contributed by atoms with E-state index in [1.54, 1.807) is 0 Å². The largest absolute Gasteiger partial charge is 0.482 e. The van der Waals surface area contributed by atoms with E-state index in [1.165, 1.54) is 12.1 Å². The van der Waals surface area contributed by atoms with Crippen LogP contribution >= 0.6 is 15.9 Å². The molecule has 7 nitrogen and oxygen atoms in total. The number of hydrogen-bond donors (Lipinski definition) is 2. The Morgan fingerprint density at radius 3 is 2.83 bits per heavy atom.